The highest BCUT2D eigenvalue weighted by Crippen LogP contribution is 2.43. The Bertz CT molecular complexity index is 2160. The SMILES string of the molecule is CC1(C)CCC(CN2CCN(C3=CCC(Oc4cnc5[nH]ccc5c4)=C(C(=O)NSc4ccc(N)c([N+](=O)[O-])c4)C=C3)CC2)=C(c2ccc(Cl)cc2)C1. The molecule has 1 saturated heterocycles. The van der Waals surface area contributed by atoms with Crippen molar-refractivity contribution in [1.82, 2.24) is 24.5 Å². The maximum atomic E-state index is 13.7. The number of rotatable bonds is 10. The molecule has 0 radical (unpaired) electrons. The standard InChI is InChI=1S/C40H42ClN7O4S/c1-40(2)15-13-28(34(23-40)26-3-5-29(41)6-4-26)25-46-17-19-47(20-18-46)30-7-10-33(39(49)45-53-32-9-11-35(42)36(22-32)48(50)51)37(12-8-30)52-31-21-27-14-16-43-38(27)44-24-31/h3-11,14,16,21-22,24H,12-13,15,17-20,23,25,42H2,1-2H3,(H,43,44)(H,45,49). The highest BCUT2D eigenvalue weighted by molar-refractivity contribution is 7.98. The van der Waals surface area contributed by atoms with Crippen molar-refractivity contribution in [3.8, 4) is 5.75 Å². The van der Waals surface area contributed by atoms with Gasteiger partial charge in [-0.15, -0.1) is 0 Å². The van der Waals surface area contributed by atoms with Gasteiger partial charge in [-0.3, -0.25) is 24.5 Å². The zero-order chi connectivity index (χ0) is 37.1. The van der Waals surface area contributed by atoms with Gasteiger partial charge in [0.2, 0.25) is 0 Å². The number of nitrogens with one attached hydrogen (secondary N) is 2. The number of ether oxygens (including phenoxy) is 1. The van der Waals surface area contributed by atoms with Gasteiger partial charge in [-0.2, -0.15) is 0 Å². The molecule has 2 aromatic heterocycles. The number of carbonyl (C=O) groups excluding carboxylic acids is 1. The lowest BCUT2D eigenvalue weighted by Gasteiger charge is -2.39. The molecule has 3 heterocycles. The molecule has 0 bridgehead atoms. The Morgan fingerprint density at radius 2 is 1.91 bits per heavy atom. The summed E-state index contributed by atoms with van der Waals surface area (Å²) in [7, 11) is 0. The van der Waals surface area contributed by atoms with Crippen LogP contribution in [0, 0.1) is 15.5 Å². The third-order valence-corrected chi connectivity index (χ3v) is 11.1. The Morgan fingerprint density at radius 1 is 1.11 bits per heavy atom. The van der Waals surface area contributed by atoms with Gasteiger partial charge in [0.05, 0.1) is 16.7 Å². The van der Waals surface area contributed by atoms with E-state index in [2.05, 4.69) is 56.5 Å². The van der Waals surface area contributed by atoms with Crippen molar-refractivity contribution in [3.63, 3.8) is 0 Å². The largest absolute Gasteiger partial charge is 0.459 e. The number of H-pyrrole nitrogens is 1. The topological polar surface area (TPSA) is 143 Å². The van der Waals surface area contributed by atoms with Gasteiger partial charge in [-0.05, 0) is 96.3 Å². The van der Waals surface area contributed by atoms with E-state index in [4.69, 9.17) is 22.1 Å². The van der Waals surface area contributed by atoms with Crippen molar-refractivity contribution in [2.24, 2.45) is 5.41 Å². The number of aromatic amines is 1. The molecule has 7 rings (SSSR count). The molecular weight excluding hydrogens is 710 g/mol. The quantitative estimate of drug-likeness (QED) is 0.0631. The second-order valence-electron chi connectivity index (χ2n) is 14.4. The van der Waals surface area contributed by atoms with Gasteiger partial charge in [-0.25, -0.2) is 4.98 Å². The minimum absolute atomic E-state index is 0.0565. The lowest BCUT2D eigenvalue weighted by atomic mass is 9.72. The predicted molar refractivity (Wildman–Crippen MR) is 211 cm³/mol. The fraction of sp³-hybridized carbons (Fsp3) is 0.300. The number of fused-ring (bicyclic) bond motifs is 1. The highest BCUT2D eigenvalue weighted by atomic mass is 35.5. The summed E-state index contributed by atoms with van der Waals surface area (Å²) in [6, 6.07) is 16.5. The highest BCUT2D eigenvalue weighted by Gasteiger charge is 2.30. The average molecular weight is 752 g/mol. The summed E-state index contributed by atoms with van der Waals surface area (Å²) in [5.74, 6) is 0.586. The number of nitrogens with zero attached hydrogens (tertiary/aromatic N) is 4. The maximum Gasteiger partial charge on any atom is 0.293 e. The second-order valence-corrected chi connectivity index (χ2v) is 15.7. The minimum Gasteiger partial charge on any atom is -0.459 e. The number of halogens is 1. The number of anilines is 1. The first kappa shape index (κ1) is 36.3. The van der Waals surface area contributed by atoms with Crippen LogP contribution in [-0.4, -0.2) is 63.3 Å². The number of benzene rings is 2. The van der Waals surface area contributed by atoms with Crippen LogP contribution in [0.5, 0.6) is 5.75 Å². The zero-order valence-corrected chi connectivity index (χ0v) is 31.3. The molecule has 0 unspecified atom stereocenters. The Kier molecular flexibility index (Phi) is 10.6. The van der Waals surface area contributed by atoms with E-state index in [0.29, 0.717) is 28.4 Å². The van der Waals surface area contributed by atoms with Crippen LogP contribution in [-0.2, 0) is 4.79 Å². The molecule has 0 atom stereocenters. The summed E-state index contributed by atoms with van der Waals surface area (Å²) in [5.41, 5.74) is 12.2. The van der Waals surface area contributed by atoms with Crippen molar-refractivity contribution >= 4 is 57.4 Å². The van der Waals surface area contributed by atoms with Crippen LogP contribution in [0.2, 0.25) is 5.02 Å². The Balaban J connectivity index is 1.06. The molecule has 4 aromatic rings. The van der Waals surface area contributed by atoms with Gasteiger partial charge in [0, 0.05) is 72.4 Å². The van der Waals surface area contributed by atoms with Crippen molar-refractivity contribution in [3.05, 3.63) is 129 Å². The van der Waals surface area contributed by atoms with Gasteiger partial charge in [-0.1, -0.05) is 49.2 Å². The number of nitro benzene ring substituents is 1. The molecule has 53 heavy (non-hydrogen) atoms. The monoisotopic (exact) mass is 751 g/mol. The van der Waals surface area contributed by atoms with Crippen molar-refractivity contribution in [1.29, 1.82) is 0 Å². The molecule has 1 amide bonds. The van der Waals surface area contributed by atoms with E-state index in [9.17, 15) is 14.9 Å². The molecule has 0 spiro atoms. The number of piperazine rings is 1. The molecule has 4 N–H and O–H groups in total. The molecule has 1 aliphatic heterocycles. The Hall–Kier alpha value is -5.04. The number of nitro groups is 1. The van der Waals surface area contributed by atoms with Gasteiger partial charge in [0.1, 0.15) is 22.8 Å². The summed E-state index contributed by atoms with van der Waals surface area (Å²) < 4.78 is 9.20. The normalized spacial score (nSPS) is 17.9. The number of carbonyl (C=O) groups is 1. The first-order valence-electron chi connectivity index (χ1n) is 17.7. The summed E-state index contributed by atoms with van der Waals surface area (Å²) in [6.45, 7) is 9.21. The van der Waals surface area contributed by atoms with E-state index in [0.717, 1.165) is 79.3 Å². The van der Waals surface area contributed by atoms with Crippen LogP contribution >= 0.6 is 23.5 Å². The number of amides is 1. The second kappa shape index (κ2) is 15.5. The number of hydrogen-bond acceptors (Lipinski definition) is 9. The maximum absolute atomic E-state index is 13.7. The number of nitrogen functional groups attached to an aromatic ring is 1. The summed E-state index contributed by atoms with van der Waals surface area (Å²) in [5, 5.41) is 13.1. The van der Waals surface area contributed by atoms with Crippen LogP contribution < -0.4 is 15.2 Å². The molecule has 2 aromatic carbocycles. The smallest absolute Gasteiger partial charge is 0.293 e. The van der Waals surface area contributed by atoms with Crippen LogP contribution in [0.15, 0.2) is 113 Å². The molecule has 11 nitrogen and oxygen atoms in total. The summed E-state index contributed by atoms with van der Waals surface area (Å²) in [6.07, 6.45) is 13.0. The number of pyridine rings is 1. The van der Waals surface area contributed by atoms with Gasteiger partial charge in [0.25, 0.3) is 11.6 Å². The molecule has 0 saturated carbocycles. The van der Waals surface area contributed by atoms with Crippen LogP contribution in [0.3, 0.4) is 0 Å². The molecule has 1 fully saturated rings. The lowest BCUT2D eigenvalue weighted by Crippen LogP contribution is -2.46. The first-order chi connectivity index (χ1) is 25.5. The number of nitrogens with two attached hydrogens (primary N) is 1. The molecule has 274 valence electrons. The Labute approximate surface area is 317 Å². The van der Waals surface area contributed by atoms with Crippen molar-refractivity contribution < 1.29 is 14.5 Å². The molecule has 3 aliphatic rings. The first-order valence-corrected chi connectivity index (χ1v) is 18.9. The zero-order valence-electron chi connectivity index (χ0n) is 29.7. The van der Waals surface area contributed by atoms with E-state index < -0.39 is 10.8 Å². The Morgan fingerprint density at radius 3 is 2.68 bits per heavy atom. The van der Waals surface area contributed by atoms with Gasteiger partial charge in [0.15, 0.2) is 0 Å². The van der Waals surface area contributed by atoms with E-state index in [1.807, 2.05) is 36.5 Å². The van der Waals surface area contributed by atoms with Crippen molar-refractivity contribution in [2.45, 2.75) is 44.4 Å². The third kappa shape index (κ3) is 8.62. The van der Waals surface area contributed by atoms with E-state index in [-0.39, 0.29) is 16.8 Å². The number of allylic oxidation sites excluding steroid dienone is 3. The molecule has 13 heteroatoms. The lowest BCUT2D eigenvalue weighted by molar-refractivity contribution is -0.384. The van der Waals surface area contributed by atoms with Gasteiger partial charge < -0.3 is 20.4 Å². The van der Waals surface area contributed by atoms with Crippen molar-refractivity contribution in [2.75, 3.05) is 38.5 Å². The summed E-state index contributed by atoms with van der Waals surface area (Å²) in [4.78, 5) is 37.5. The van der Waals surface area contributed by atoms with E-state index in [1.54, 1.807) is 18.3 Å². The molecular formula is C40H42ClN7O4S. The third-order valence-electron chi connectivity index (χ3n) is 10.1. The van der Waals surface area contributed by atoms with Gasteiger partial charge >= 0.3 is 0 Å². The minimum atomic E-state index is -0.543. The fourth-order valence-corrected chi connectivity index (χ4v) is 7.84. The van der Waals surface area contributed by atoms with Crippen LogP contribution in [0.4, 0.5) is 11.4 Å². The fourth-order valence-electron chi connectivity index (χ4n) is 7.09. The van der Waals surface area contributed by atoms with E-state index in [1.165, 1.54) is 35.3 Å². The number of aromatic nitrogens is 2. The van der Waals surface area contributed by atoms with Crippen LogP contribution in [0.1, 0.15) is 45.1 Å². The summed E-state index contributed by atoms with van der Waals surface area (Å²) >= 11 is 7.21. The van der Waals surface area contributed by atoms with E-state index >= 15 is 0 Å². The van der Waals surface area contributed by atoms with Crippen LogP contribution in [0.25, 0.3) is 16.6 Å². The number of hydrogen-bond donors (Lipinski definition) is 3. The predicted octanol–water partition coefficient (Wildman–Crippen LogP) is 8.29. The average Bonchev–Trinajstić information content (AvgIpc) is 3.51. The molecule has 2 aliphatic carbocycles.